The van der Waals surface area contributed by atoms with Crippen molar-refractivity contribution < 1.29 is 4.74 Å². The maximum atomic E-state index is 5.37. The van der Waals surface area contributed by atoms with Crippen LogP contribution >= 0.6 is 0 Å². The average molecular weight is 256 g/mol. The number of hydrogen-bond acceptors (Lipinski definition) is 3. The zero-order valence-electron chi connectivity index (χ0n) is 13.0. The van der Waals surface area contributed by atoms with E-state index >= 15 is 0 Å². The molecule has 0 amide bonds. The van der Waals surface area contributed by atoms with Crippen molar-refractivity contribution in [2.75, 3.05) is 26.8 Å². The molecule has 3 heteroatoms. The normalized spacial score (nSPS) is 26.2. The summed E-state index contributed by atoms with van der Waals surface area (Å²) in [6.45, 7) is 12.3. The molecule has 2 atom stereocenters. The van der Waals surface area contributed by atoms with E-state index in [1.165, 1.54) is 32.2 Å². The van der Waals surface area contributed by atoms with Crippen LogP contribution in [0.4, 0.5) is 0 Å². The molecule has 0 saturated carbocycles. The molecule has 1 N–H and O–H groups in total. The van der Waals surface area contributed by atoms with Gasteiger partial charge in [0.25, 0.3) is 0 Å². The van der Waals surface area contributed by atoms with Gasteiger partial charge in [0.2, 0.25) is 0 Å². The molecule has 0 aliphatic carbocycles. The van der Waals surface area contributed by atoms with E-state index in [0.717, 1.165) is 13.2 Å². The molecule has 108 valence electrons. The molecule has 18 heavy (non-hydrogen) atoms. The standard InChI is InChI=1S/C15H32N2O/c1-6-9-14-10-17(13(4)11-18-5)15(7-2,8-3)12-16-14/h13-14,16H,6-12H2,1-5H3. The maximum absolute atomic E-state index is 5.37. The first kappa shape index (κ1) is 15.9. The predicted octanol–water partition coefficient (Wildman–Crippen LogP) is 2.65. The summed E-state index contributed by atoms with van der Waals surface area (Å²) >= 11 is 0. The predicted molar refractivity (Wildman–Crippen MR) is 78.1 cm³/mol. The number of nitrogens with zero attached hydrogens (tertiary/aromatic N) is 1. The molecule has 1 aliphatic rings. The van der Waals surface area contributed by atoms with Gasteiger partial charge in [-0.1, -0.05) is 27.2 Å². The lowest BCUT2D eigenvalue weighted by Crippen LogP contribution is -2.66. The first-order chi connectivity index (χ1) is 8.63. The van der Waals surface area contributed by atoms with Crippen LogP contribution in [0.1, 0.15) is 53.4 Å². The Hall–Kier alpha value is -0.120. The topological polar surface area (TPSA) is 24.5 Å². The van der Waals surface area contributed by atoms with E-state index in [1.807, 2.05) is 7.11 Å². The summed E-state index contributed by atoms with van der Waals surface area (Å²) in [5, 5.41) is 3.76. The third-order valence-electron chi connectivity index (χ3n) is 4.64. The molecular weight excluding hydrogens is 224 g/mol. The lowest BCUT2D eigenvalue weighted by atomic mass is 9.85. The molecule has 0 aromatic rings. The highest BCUT2D eigenvalue weighted by Crippen LogP contribution is 2.29. The van der Waals surface area contributed by atoms with Gasteiger partial charge in [0, 0.05) is 37.8 Å². The Bertz CT molecular complexity index is 229. The van der Waals surface area contributed by atoms with Crippen molar-refractivity contribution in [2.24, 2.45) is 0 Å². The van der Waals surface area contributed by atoms with Gasteiger partial charge in [-0.25, -0.2) is 0 Å². The molecule has 1 fully saturated rings. The van der Waals surface area contributed by atoms with Crippen LogP contribution in [0, 0.1) is 0 Å². The van der Waals surface area contributed by atoms with E-state index in [1.54, 1.807) is 0 Å². The highest BCUT2D eigenvalue weighted by Gasteiger charge is 2.40. The van der Waals surface area contributed by atoms with E-state index < -0.39 is 0 Å². The highest BCUT2D eigenvalue weighted by molar-refractivity contribution is 4.99. The second-order valence-electron chi connectivity index (χ2n) is 5.75. The largest absolute Gasteiger partial charge is 0.383 e. The highest BCUT2D eigenvalue weighted by atomic mass is 16.5. The van der Waals surface area contributed by atoms with Crippen molar-refractivity contribution in [3.63, 3.8) is 0 Å². The van der Waals surface area contributed by atoms with E-state index in [4.69, 9.17) is 4.74 Å². The summed E-state index contributed by atoms with van der Waals surface area (Å²) in [5.41, 5.74) is 0.322. The van der Waals surface area contributed by atoms with Gasteiger partial charge in [-0.15, -0.1) is 0 Å². The van der Waals surface area contributed by atoms with Gasteiger partial charge in [-0.05, 0) is 26.2 Å². The van der Waals surface area contributed by atoms with Crippen LogP contribution in [0.5, 0.6) is 0 Å². The van der Waals surface area contributed by atoms with E-state index in [0.29, 0.717) is 17.6 Å². The zero-order chi connectivity index (χ0) is 13.6. The van der Waals surface area contributed by atoms with E-state index in [9.17, 15) is 0 Å². The van der Waals surface area contributed by atoms with Crippen molar-refractivity contribution in [2.45, 2.75) is 71.0 Å². The van der Waals surface area contributed by atoms with Gasteiger partial charge >= 0.3 is 0 Å². The van der Waals surface area contributed by atoms with Gasteiger partial charge in [-0.3, -0.25) is 4.90 Å². The Morgan fingerprint density at radius 1 is 1.33 bits per heavy atom. The lowest BCUT2D eigenvalue weighted by molar-refractivity contribution is -0.0247. The summed E-state index contributed by atoms with van der Waals surface area (Å²) in [7, 11) is 1.81. The molecule has 1 saturated heterocycles. The van der Waals surface area contributed by atoms with Crippen LogP contribution in [0.2, 0.25) is 0 Å². The summed E-state index contributed by atoms with van der Waals surface area (Å²) in [4.78, 5) is 2.70. The number of hydrogen-bond donors (Lipinski definition) is 1. The number of ether oxygens (including phenoxy) is 1. The molecule has 0 spiro atoms. The van der Waals surface area contributed by atoms with E-state index in [2.05, 4.69) is 37.9 Å². The number of piperazine rings is 1. The van der Waals surface area contributed by atoms with Crippen molar-refractivity contribution in [1.82, 2.24) is 10.2 Å². The molecule has 0 bridgehead atoms. The van der Waals surface area contributed by atoms with Crippen LogP contribution in [-0.4, -0.2) is 49.3 Å². The first-order valence-corrected chi connectivity index (χ1v) is 7.62. The van der Waals surface area contributed by atoms with Gasteiger partial charge < -0.3 is 10.1 Å². The minimum atomic E-state index is 0.322. The quantitative estimate of drug-likeness (QED) is 0.758. The monoisotopic (exact) mass is 256 g/mol. The van der Waals surface area contributed by atoms with Crippen LogP contribution in [0.15, 0.2) is 0 Å². The van der Waals surface area contributed by atoms with E-state index in [-0.39, 0.29) is 0 Å². The minimum absolute atomic E-state index is 0.322. The Labute approximate surface area is 113 Å². The Balaban J connectivity index is 2.78. The van der Waals surface area contributed by atoms with Gasteiger partial charge in [0.05, 0.1) is 6.61 Å². The van der Waals surface area contributed by atoms with Crippen LogP contribution in [-0.2, 0) is 4.74 Å². The van der Waals surface area contributed by atoms with Gasteiger partial charge in [0.15, 0.2) is 0 Å². The molecule has 0 aromatic carbocycles. The molecule has 2 unspecified atom stereocenters. The molecule has 0 radical (unpaired) electrons. The van der Waals surface area contributed by atoms with Crippen molar-refractivity contribution in [3.8, 4) is 0 Å². The molecular formula is C15H32N2O. The molecule has 1 rings (SSSR count). The zero-order valence-corrected chi connectivity index (χ0v) is 13.0. The smallest absolute Gasteiger partial charge is 0.0615 e. The summed E-state index contributed by atoms with van der Waals surface area (Å²) in [6.07, 6.45) is 4.96. The van der Waals surface area contributed by atoms with Crippen molar-refractivity contribution >= 4 is 0 Å². The number of nitrogens with one attached hydrogen (secondary N) is 1. The van der Waals surface area contributed by atoms with Crippen LogP contribution < -0.4 is 5.32 Å². The molecule has 1 heterocycles. The summed E-state index contributed by atoms with van der Waals surface area (Å²) < 4.78 is 5.37. The van der Waals surface area contributed by atoms with Crippen LogP contribution in [0.3, 0.4) is 0 Å². The summed E-state index contributed by atoms with van der Waals surface area (Å²) in [5.74, 6) is 0. The SMILES string of the molecule is CCCC1CN(C(C)COC)C(CC)(CC)CN1. The summed E-state index contributed by atoms with van der Waals surface area (Å²) in [6, 6.07) is 1.16. The number of methoxy groups -OCH3 is 1. The average Bonchev–Trinajstić information content (AvgIpc) is 2.39. The Morgan fingerprint density at radius 3 is 2.50 bits per heavy atom. The van der Waals surface area contributed by atoms with Crippen molar-refractivity contribution in [3.05, 3.63) is 0 Å². The fourth-order valence-electron chi connectivity index (χ4n) is 3.36. The molecule has 1 aliphatic heterocycles. The minimum Gasteiger partial charge on any atom is -0.383 e. The molecule has 0 aromatic heterocycles. The second-order valence-corrected chi connectivity index (χ2v) is 5.75. The lowest BCUT2D eigenvalue weighted by Gasteiger charge is -2.52. The fourth-order valence-corrected chi connectivity index (χ4v) is 3.36. The first-order valence-electron chi connectivity index (χ1n) is 7.62. The maximum Gasteiger partial charge on any atom is 0.0615 e. The third kappa shape index (κ3) is 3.46. The van der Waals surface area contributed by atoms with Gasteiger partial charge in [0.1, 0.15) is 0 Å². The third-order valence-corrected chi connectivity index (χ3v) is 4.64. The fraction of sp³-hybridized carbons (Fsp3) is 1.00. The molecule has 3 nitrogen and oxygen atoms in total. The Morgan fingerprint density at radius 2 is 2.00 bits per heavy atom. The van der Waals surface area contributed by atoms with Gasteiger partial charge in [-0.2, -0.15) is 0 Å². The van der Waals surface area contributed by atoms with Crippen molar-refractivity contribution in [1.29, 1.82) is 0 Å². The Kier molecular flexibility index (Phi) is 6.61. The van der Waals surface area contributed by atoms with Crippen LogP contribution in [0.25, 0.3) is 0 Å². The number of rotatable bonds is 7. The second kappa shape index (κ2) is 7.46.